The molecule has 0 saturated heterocycles. The van der Waals surface area contributed by atoms with Crippen molar-refractivity contribution >= 4 is 86.3 Å². The first-order valence-electron chi connectivity index (χ1n) is 16.2. The summed E-state index contributed by atoms with van der Waals surface area (Å²) in [5, 5.41) is 7.42. The van der Waals surface area contributed by atoms with Crippen LogP contribution in [0.4, 0.5) is 0 Å². The minimum absolute atomic E-state index is 0.913. The Morgan fingerprint density at radius 1 is 0.396 bits per heavy atom. The first-order chi connectivity index (χ1) is 23.8. The standard InChI is InChI=1S/C43H26N4S/c1-2-12-27(13-3-1)46-36-20-10-6-16-31(36)41-32-17-7-11-21-37(32)47(43(41)46)40-25-24-39-42(44-40)33-26-28(22-23-38(33)48-39)45-34-18-8-4-14-29(34)30-15-5-9-19-35(30)45/h1-26H. The van der Waals surface area contributed by atoms with E-state index in [1.165, 1.54) is 58.3 Å². The first kappa shape index (κ1) is 26.0. The Hall–Kier alpha value is -6.17. The fraction of sp³-hybridized carbons (Fsp3) is 0. The molecule has 0 fully saturated rings. The summed E-state index contributed by atoms with van der Waals surface area (Å²) in [6, 6.07) is 56.8. The van der Waals surface area contributed by atoms with Crippen molar-refractivity contribution in [3.05, 3.63) is 158 Å². The number of aromatic nitrogens is 4. The van der Waals surface area contributed by atoms with Crippen LogP contribution in [0.5, 0.6) is 0 Å². The molecule has 48 heavy (non-hydrogen) atoms. The summed E-state index contributed by atoms with van der Waals surface area (Å²) in [5.74, 6) is 0.913. The highest BCUT2D eigenvalue weighted by Crippen LogP contribution is 2.42. The van der Waals surface area contributed by atoms with Gasteiger partial charge in [-0.05, 0) is 66.7 Å². The lowest BCUT2D eigenvalue weighted by molar-refractivity contribution is 1.03. The minimum atomic E-state index is 0.913. The van der Waals surface area contributed by atoms with Crippen LogP contribution >= 0.6 is 11.3 Å². The van der Waals surface area contributed by atoms with Gasteiger partial charge >= 0.3 is 0 Å². The number of nitrogens with zero attached hydrogens (tertiary/aromatic N) is 4. The van der Waals surface area contributed by atoms with E-state index in [9.17, 15) is 0 Å². The molecule has 0 radical (unpaired) electrons. The van der Waals surface area contributed by atoms with Crippen LogP contribution in [0.25, 0.3) is 92.1 Å². The second-order valence-electron chi connectivity index (χ2n) is 12.4. The normalized spacial score (nSPS) is 12.2. The average Bonchev–Trinajstić information content (AvgIpc) is 3.87. The van der Waals surface area contributed by atoms with Crippen molar-refractivity contribution in [1.82, 2.24) is 18.7 Å². The van der Waals surface area contributed by atoms with Gasteiger partial charge < -0.3 is 4.57 Å². The Balaban J connectivity index is 1.21. The molecule has 5 heteroatoms. The van der Waals surface area contributed by atoms with Gasteiger partial charge in [-0.1, -0.05) is 91.0 Å². The topological polar surface area (TPSA) is 27.7 Å². The van der Waals surface area contributed by atoms with Crippen molar-refractivity contribution < 1.29 is 0 Å². The van der Waals surface area contributed by atoms with Crippen molar-refractivity contribution in [2.75, 3.05) is 0 Å². The molecule has 0 amide bonds. The van der Waals surface area contributed by atoms with E-state index in [0.29, 0.717) is 0 Å². The van der Waals surface area contributed by atoms with E-state index in [4.69, 9.17) is 4.98 Å². The molecule has 0 bridgehead atoms. The molecule has 0 saturated carbocycles. The summed E-state index contributed by atoms with van der Waals surface area (Å²) < 4.78 is 9.56. The van der Waals surface area contributed by atoms with E-state index in [0.717, 1.165) is 33.9 Å². The van der Waals surface area contributed by atoms with Crippen LogP contribution in [-0.2, 0) is 0 Å². The number of para-hydroxylation sites is 5. The van der Waals surface area contributed by atoms with Crippen LogP contribution in [0, 0.1) is 0 Å². The lowest BCUT2D eigenvalue weighted by Gasteiger charge is -2.12. The highest BCUT2D eigenvalue weighted by molar-refractivity contribution is 7.25. The number of pyridine rings is 1. The number of hydrogen-bond acceptors (Lipinski definition) is 2. The van der Waals surface area contributed by atoms with Gasteiger partial charge in [0.2, 0.25) is 0 Å². The Labute approximate surface area is 278 Å². The molecular formula is C43H26N4S. The Kier molecular flexibility index (Phi) is 5.23. The van der Waals surface area contributed by atoms with Gasteiger partial charge in [-0.3, -0.25) is 9.13 Å². The second kappa shape index (κ2) is 9.67. The summed E-state index contributed by atoms with van der Waals surface area (Å²) in [6.45, 7) is 0. The zero-order valence-corrected chi connectivity index (χ0v) is 26.5. The van der Waals surface area contributed by atoms with Gasteiger partial charge in [0.15, 0.2) is 0 Å². The SMILES string of the molecule is c1ccc(-n2c3ccccc3c3c4ccccc4n(-c4ccc5sc6ccc(-n7c8ccccc8c8ccccc87)cc6c5n4)c32)cc1. The maximum Gasteiger partial charge on any atom is 0.139 e. The fourth-order valence-electron chi connectivity index (χ4n) is 7.85. The van der Waals surface area contributed by atoms with Crippen LogP contribution in [-0.4, -0.2) is 18.7 Å². The van der Waals surface area contributed by atoms with Gasteiger partial charge in [-0.25, -0.2) is 4.98 Å². The maximum atomic E-state index is 5.51. The van der Waals surface area contributed by atoms with E-state index < -0.39 is 0 Å². The van der Waals surface area contributed by atoms with Crippen molar-refractivity contribution in [2.24, 2.45) is 0 Å². The molecule has 5 heterocycles. The Morgan fingerprint density at radius 3 is 1.60 bits per heavy atom. The molecular weight excluding hydrogens is 605 g/mol. The van der Waals surface area contributed by atoms with Crippen molar-refractivity contribution in [3.8, 4) is 17.2 Å². The summed E-state index contributed by atoms with van der Waals surface area (Å²) >= 11 is 1.81. The van der Waals surface area contributed by atoms with Crippen molar-refractivity contribution in [1.29, 1.82) is 0 Å². The third-order valence-electron chi connectivity index (χ3n) is 9.84. The zero-order valence-electron chi connectivity index (χ0n) is 25.7. The molecule has 5 aromatic heterocycles. The molecule has 4 nitrogen and oxygen atoms in total. The van der Waals surface area contributed by atoms with Gasteiger partial charge in [0.1, 0.15) is 11.5 Å². The molecule has 0 spiro atoms. The Morgan fingerprint density at radius 2 is 0.938 bits per heavy atom. The molecule has 11 rings (SSSR count). The first-order valence-corrected chi connectivity index (χ1v) is 17.1. The van der Waals surface area contributed by atoms with E-state index >= 15 is 0 Å². The predicted octanol–water partition coefficient (Wildman–Crippen LogP) is 11.6. The highest BCUT2D eigenvalue weighted by atomic mass is 32.1. The molecule has 6 aromatic carbocycles. The highest BCUT2D eigenvalue weighted by Gasteiger charge is 2.23. The summed E-state index contributed by atoms with van der Waals surface area (Å²) in [6.07, 6.45) is 0. The van der Waals surface area contributed by atoms with E-state index in [1.54, 1.807) is 11.3 Å². The van der Waals surface area contributed by atoms with Gasteiger partial charge in [-0.2, -0.15) is 0 Å². The summed E-state index contributed by atoms with van der Waals surface area (Å²) in [4.78, 5) is 5.51. The van der Waals surface area contributed by atoms with Crippen LogP contribution < -0.4 is 0 Å². The van der Waals surface area contributed by atoms with E-state index in [-0.39, 0.29) is 0 Å². The molecule has 0 aliphatic heterocycles. The van der Waals surface area contributed by atoms with E-state index in [2.05, 4.69) is 171 Å². The van der Waals surface area contributed by atoms with Crippen LogP contribution in [0.3, 0.4) is 0 Å². The smallest absolute Gasteiger partial charge is 0.139 e. The molecule has 0 atom stereocenters. The molecule has 11 aromatic rings. The summed E-state index contributed by atoms with van der Waals surface area (Å²) in [5.41, 5.74) is 9.18. The quantitative estimate of drug-likeness (QED) is 0.191. The van der Waals surface area contributed by atoms with Crippen molar-refractivity contribution in [2.45, 2.75) is 0 Å². The van der Waals surface area contributed by atoms with Gasteiger partial charge in [0.25, 0.3) is 0 Å². The maximum absolute atomic E-state index is 5.51. The lowest BCUT2D eigenvalue weighted by atomic mass is 10.1. The molecule has 0 aliphatic carbocycles. The van der Waals surface area contributed by atoms with Crippen molar-refractivity contribution in [3.63, 3.8) is 0 Å². The number of hydrogen-bond donors (Lipinski definition) is 0. The predicted molar refractivity (Wildman–Crippen MR) is 203 cm³/mol. The largest absolute Gasteiger partial charge is 0.309 e. The average molecular weight is 631 g/mol. The van der Waals surface area contributed by atoms with Crippen LogP contribution in [0.1, 0.15) is 0 Å². The molecule has 224 valence electrons. The van der Waals surface area contributed by atoms with Crippen LogP contribution in [0.2, 0.25) is 0 Å². The van der Waals surface area contributed by atoms with Gasteiger partial charge in [0, 0.05) is 48.4 Å². The zero-order chi connectivity index (χ0) is 31.3. The molecule has 0 unspecified atom stereocenters. The third-order valence-corrected chi connectivity index (χ3v) is 11.0. The molecule has 0 N–H and O–H groups in total. The second-order valence-corrected chi connectivity index (χ2v) is 13.5. The number of rotatable bonds is 3. The van der Waals surface area contributed by atoms with Crippen LogP contribution in [0.15, 0.2) is 158 Å². The number of fused-ring (bicyclic) bond motifs is 11. The summed E-state index contributed by atoms with van der Waals surface area (Å²) in [7, 11) is 0. The monoisotopic (exact) mass is 630 g/mol. The minimum Gasteiger partial charge on any atom is -0.309 e. The molecule has 0 aliphatic rings. The van der Waals surface area contributed by atoms with Gasteiger partial charge in [0.05, 0.1) is 32.3 Å². The third kappa shape index (κ3) is 3.46. The number of thiophene rings is 1. The number of benzene rings is 6. The lowest BCUT2D eigenvalue weighted by Crippen LogP contribution is -2.03. The van der Waals surface area contributed by atoms with Gasteiger partial charge in [-0.15, -0.1) is 11.3 Å². The fourth-order valence-corrected chi connectivity index (χ4v) is 8.88. The Bertz CT molecular complexity index is 3010. The van der Waals surface area contributed by atoms with E-state index in [1.807, 2.05) is 0 Å².